The standard InChI is InChI=1S/C21H23NO5S/c1-13-5-7-18(14(2)9-13)20(23)12-27-21(24)16-6-8-19-17(11-16)10-15(3)22(19)28(4,25)26/h5-9,11,15H,10,12H2,1-4H3/t15-/m0/s1. The van der Waals surface area contributed by atoms with Gasteiger partial charge in [0.15, 0.2) is 6.61 Å². The van der Waals surface area contributed by atoms with Crippen LogP contribution in [0.2, 0.25) is 0 Å². The highest BCUT2D eigenvalue weighted by Crippen LogP contribution is 2.34. The van der Waals surface area contributed by atoms with Crippen LogP contribution in [0.25, 0.3) is 0 Å². The summed E-state index contributed by atoms with van der Waals surface area (Å²) in [5, 5.41) is 0. The minimum Gasteiger partial charge on any atom is -0.454 e. The van der Waals surface area contributed by atoms with Gasteiger partial charge in [0.05, 0.1) is 17.5 Å². The number of sulfonamides is 1. The van der Waals surface area contributed by atoms with E-state index >= 15 is 0 Å². The predicted molar refractivity (Wildman–Crippen MR) is 107 cm³/mol. The van der Waals surface area contributed by atoms with Crippen molar-refractivity contribution >= 4 is 27.5 Å². The van der Waals surface area contributed by atoms with Crippen LogP contribution in [0.15, 0.2) is 36.4 Å². The predicted octanol–water partition coefficient (Wildman–Crippen LogP) is 3.05. The molecule has 0 saturated heterocycles. The molecule has 0 bridgehead atoms. The Balaban J connectivity index is 1.72. The van der Waals surface area contributed by atoms with E-state index in [1.54, 1.807) is 18.2 Å². The molecule has 1 aliphatic heterocycles. The lowest BCUT2D eigenvalue weighted by Gasteiger charge is -2.21. The van der Waals surface area contributed by atoms with Crippen LogP contribution in [0.5, 0.6) is 0 Å². The molecule has 28 heavy (non-hydrogen) atoms. The van der Waals surface area contributed by atoms with E-state index in [0.717, 1.165) is 16.7 Å². The lowest BCUT2D eigenvalue weighted by atomic mass is 10.0. The van der Waals surface area contributed by atoms with E-state index in [4.69, 9.17) is 4.74 Å². The number of ketones is 1. The zero-order valence-electron chi connectivity index (χ0n) is 16.4. The summed E-state index contributed by atoms with van der Waals surface area (Å²) in [6, 6.07) is 10.1. The molecule has 6 nitrogen and oxygen atoms in total. The number of hydrogen-bond donors (Lipinski definition) is 0. The molecule has 3 rings (SSSR count). The molecule has 0 aromatic heterocycles. The fraction of sp³-hybridized carbons (Fsp3) is 0.333. The van der Waals surface area contributed by atoms with E-state index < -0.39 is 16.0 Å². The highest BCUT2D eigenvalue weighted by Gasteiger charge is 2.33. The van der Waals surface area contributed by atoms with Crippen molar-refractivity contribution in [1.82, 2.24) is 0 Å². The number of esters is 1. The quantitative estimate of drug-likeness (QED) is 0.568. The monoisotopic (exact) mass is 401 g/mol. The van der Waals surface area contributed by atoms with Gasteiger partial charge in [-0.2, -0.15) is 0 Å². The molecule has 1 atom stereocenters. The Morgan fingerprint density at radius 3 is 2.50 bits per heavy atom. The molecule has 148 valence electrons. The molecular weight excluding hydrogens is 378 g/mol. The topological polar surface area (TPSA) is 80.8 Å². The fourth-order valence-corrected chi connectivity index (χ4v) is 4.92. The van der Waals surface area contributed by atoms with Crippen molar-refractivity contribution in [3.8, 4) is 0 Å². The Labute approximate surface area is 165 Å². The van der Waals surface area contributed by atoms with Crippen molar-refractivity contribution in [2.45, 2.75) is 33.2 Å². The summed E-state index contributed by atoms with van der Waals surface area (Å²) >= 11 is 0. The third-order valence-corrected chi connectivity index (χ3v) is 6.11. The number of nitrogens with zero attached hydrogens (tertiary/aromatic N) is 1. The van der Waals surface area contributed by atoms with Gasteiger partial charge in [0, 0.05) is 11.6 Å². The van der Waals surface area contributed by atoms with Gasteiger partial charge >= 0.3 is 5.97 Å². The van der Waals surface area contributed by atoms with Crippen LogP contribution in [0.1, 0.15) is 44.3 Å². The van der Waals surface area contributed by atoms with Gasteiger partial charge in [-0.1, -0.05) is 23.8 Å². The highest BCUT2D eigenvalue weighted by molar-refractivity contribution is 7.92. The van der Waals surface area contributed by atoms with Crippen LogP contribution in [0.4, 0.5) is 5.69 Å². The molecule has 0 radical (unpaired) electrons. The maximum Gasteiger partial charge on any atom is 0.338 e. The minimum absolute atomic E-state index is 0.206. The molecule has 7 heteroatoms. The van der Waals surface area contributed by atoms with Crippen molar-refractivity contribution in [3.05, 3.63) is 64.2 Å². The number of carbonyl (C=O) groups is 2. The first kappa shape index (κ1) is 20.1. The van der Waals surface area contributed by atoms with Crippen LogP contribution in [0.3, 0.4) is 0 Å². The Kier molecular flexibility index (Phi) is 5.30. The van der Waals surface area contributed by atoms with Gasteiger partial charge in [0.25, 0.3) is 0 Å². The number of aryl methyl sites for hydroxylation is 2. The van der Waals surface area contributed by atoms with Crippen LogP contribution in [-0.4, -0.2) is 39.1 Å². The largest absolute Gasteiger partial charge is 0.454 e. The van der Waals surface area contributed by atoms with Gasteiger partial charge in [0.1, 0.15) is 0 Å². The average Bonchev–Trinajstić information content (AvgIpc) is 2.94. The molecule has 0 N–H and O–H groups in total. The fourth-order valence-electron chi connectivity index (χ4n) is 3.65. The number of ether oxygens (including phenoxy) is 1. The van der Waals surface area contributed by atoms with E-state index in [-0.39, 0.29) is 18.4 Å². The summed E-state index contributed by atoms with van der Waals surface area (Å²) < 4.78 is 30.5. The van der Waals surface area contributed by atoms with E-state index in [1.807, 2.05) is 32.9 Å². The van der Waals surface area contributed by atoms with Gasteiger partial charge in [-0.05, 0) is 56.5 Å². The number of anilines is 1. The van der Waals surface area contributed by atoms with Crippen molar-refractivity contribution < 1.29 is 22.7 Å². The Morgan fingerprint density at radius 2 is 1.86 bits per heavy atom. The SMILES string of the molecule is Cc1ccc(C(=O)COC(=O)c2ccc3c(c2)C[C@H](C)N3S(C)(=O)=O)c(C)c1. The van der Waals surface area contributed by atoms with Gasteiger partial charge in [0.2, 0.25) is 15.8 Å². The summed E-state index contributed by atoms with van der Waals surface area (Å²) in [6.07, 6.45) is 1.68. The molecule has 0 unspecified atom stereocenters. The van der Waals surface area contributed by atoms with E-state index in [0.29, 0.717) is 23.2 Å². The Bertz CT molecular complexity index is 1060. The molecule has 1 heterocycles. The third kappa shape index (κ3) is 3.94. The second-order valence-electron chi connectivity index (χ2n) is 7.27. The van der Waals surface area contributed by atoms with Crippen LogP contribution in [-0.2, 0) is 21.2 Å². The van der Waals surface area contributed by atoms with E-state index in [9.17, 15) is 18.0 Å². The summed E-state index contributed by atoms with van der Waals surface area (Å²) in [4.78, 5) is 24.7. The second-order valence-corrected chi connectivity index (χ2v) is 9.13. The minimum atomic E-state index is -3.39. The zero-order valence-corrected chi connectivity index (χ0v) is 17.2. The first-order valence-corrected chi connectivity index (χ1v) is 10.8. The molecular formula is C21H23NO5S. The number of carbonyl (C=O) groups excluding carboxylic acids is 2. The number of benzene rings is 2. The number of rotatable bonds is 5. The second kappa shape index (κ2) is 7.39. The van der Waals surface area contributed by atoms with Crippen molar-refractivity contribution in [1.29, 1.82) is 0 Å². The maximum atomic E-state index is 12.4. The average molecular weight is 401 g/mol. The molecule has 0 amide bonds. The molecule has 0 aliphatic carbocycles. The summed E-state index contributed by atoms with van der Waals surface area (Å²) in [6.45, 7) is 5.27. The molecule has 1 aliphatic rings. The van der Waals surface area contributed by atoms with Crippen LogP contribution in [0, 0.1) is 13.8 Å². The number of hydrogen-bond acceptors (Lipinski definition) is 5. The zero-order chi connectivity index (χ0) is 20.6. The van der Waals surface area contributed by atoms with E-state index in [1.165, 1.54) is 16.6 Å². The van der Waals surface area contributed by atoms with Crippen LogP contribution >= 0.6 is 0 Å². The van der Waals surface area contributed by atoms with Crippen molar-refractivity contribution in [3.63, 3.8) is 0 Å². The third-order valence-electron chi connectivity index (χ3n) is 4.84. The summed E-state index contributed by atoms with van der Waals surface area (Å²) in [5.74, 6) is -0.866. The van der Waals surface area contributed by atoms with Gasteiger partial charge in [-0.15, -0.1) is 0 Å². The smallest absolute Gasteiger partial charge is 0.338 e. The summed E-state index contributed by atoms with van der Waals surface area (Å²) in [7, 11) is -3.39. The van der Waals surface area contributed by atoms with Crippen LogP contribution < -0.4 is 4.31 Å². The number of fused-ring (bicyclic) bond motifs is 1. The Hall–Kier alpha value is -2.67. The normalized spacial score (nSPS) is 16.0. The molecule has 0 saturated carbocycles. The molecule has 0 fully saturated rings. The maximum absolute atomic E-state index is 12.4. The van der Waals surface area contributed by atoms with E-state index in [2.05, 4.69) is 0 Å². The molecule has 0 spiro atoms. The van der Waals surface area contributed by atoms with Crippen molar-refractivity contribution in [2.75, 3.05) is 17.2 Å². The summed E-state index contributed by atoms with van der Waals surface area (Å²) in [5.41, 5.74) is 4.08. The van der Waals surface area contributed by atoms with Gasteiger partial charge in [-0.25, -0.2) is 13.2 Å². The van der Waals surface area contributed by atoms with Crippen molar-refractivity contribution in [2.24, 2.45) is 0 Å². The molecule has 2 aromatic carbocycles. The number of Topliss-reactive ketones (excluding diaryl/α,β-unsaturated/α-hetero) is 1. The lowest BCUT2D eigenvalue weighted by Crippen LogP contribution is -2.34. The lowest BCUT2D eigenvalue weighted by molar-refractivity contribution is 0.0474. The first-order valence-electron chi connectivity index (χ1n) is 8.98. The van der Waals surface area contributed by atoms with Gasteiger partial charge in [-0.3, -0.25) is 9.10 Å². The first-order chi connectivity index (χ1) is 13.1. The Morgan fingerprint density at radius 1 is 1.14 bits per heavy atom. The highest BCUT2D eigenvalue weighted by atomic mass is 32.2. The van der Waals surface area contributed by atoms with Gasteiger partial charge < -0.3 is 4.74 Å². The molecule has 2 aromatic rings.